The molecule has 0 aromatic carbocycles. The molecule has 2 fully saturated rings. The topological polar surface area (TPSA) is 486 Å². The van der Waals surface area contributed by atoms with Gasteiger partial charge in [-0.3, -0.25) is 33.3 Å². The first-order valence-electron chi connectivity index (χ1n) is 20.3. The van der Waals surface area contributed by atoms with Crippen molar-refractivity contribution >= 4 is 56.0 Å². The lowest BCUT2D eigenvalue weighted by Gasteiger charge is -2.49. The number of aliphatic carboxylic acids is 1. The Morgan fingerprint density at radius 1 is 0.806 bits per heavy atom. The van der Waals surface area contributed by atoms with Gasteiger partial charge in [0.2, 0.25) is 35.4 Å². The van der Waals surface area contributed by atoms with E-state index in [0.717, 1.165) is 27.7 Å². The normalized spacial score (nSPS) is 28.6. The Morgan fingerprint density at radius 2 is 1.40 bits per heavy atom. The molecular weight excluding hydrogens is 948 g/mol. The number of hydrogen-bond donors (Lipinski definition) is 13. The molecule has 14 N–H and O–H groups in total. The van der Waals surface area contributed by atoms with Gasteiger partial charge in [0, 0.05) is 38.8 Å². The van der Waals surface area contributed by atoms with Crippen LogP contribution in [0.5, 0.6) is 0 Å². The average Bonchev–Trinajstić information content (AvgIpc) is 3.24. The molecule has 67 heavy (non-hydrogen) atoms. The van der Waals surface area contributed by atoms with Crippen LogP contribution in [0.15, 0.2) is 5.11 Å². The standard InChI is InChI=1S/C34H59N9O22P2/c1-14(30(52)42-18(29(35)51)9-10-22(48)41-19(32(54)55)8-6-7-11-37-43-36)38-31(53)15(2)61-28-24(40-17(4)47)34(65-67(58,59)66(56,57)60-5)63-21(13-45)27(28)64-33-23(39-16(3)46)26(50)25(49)20(12-44)62-33/h14-15,18-21,23-28,33-34,44-45,49-50H,6-13H2,1-5H3,(H2,35,51)(H,38,53)(H,39,46)(H,40,47)(H,41,48)(H,42,52)(H,54,55)(H,56,57)(H,58,59)/t14-,15+,18+,19-,20+,21+,23+,24+,25+,26+,27?,28+,33-,34+/m0/s1. The van der Waals surface area contributed by atoms with Gasteiger partial charge in [-0.25, -0.2) is 13.9 Å². The van der Waals surface area contributed by atoms with Crippen LogP contribution in [0.2, 0.25) is 0 Å². The molecule has 0 spiro atoms. The Hall–Kier alpha value is -4.42. The molecule has 0 aromatic heterocycles. The molecule has 382 valence electrons. The van der Waals surface area contributed by atoms with E-state index >= 15 is 0 Å². The number of primary amides is 1. The number of rotatable bonds is 27. The van der Waals surface area contributed by atoms with Crippen molar-refractivity contribution in [2.75, 3.05) is 26.9 Å². The molecule has 0 aromatic rings. The van der Waals surface area contributed by atoms with Crippen molar-refractivity contribution in [1.29, 1.82) is 0 Å². The highest BCUT2D eigenvalue weighted by atomic mass is 32.1. The number of carboxylic acid groups (broad SMARTS) is 1. The Labute approximate surface area is 381 Å². The first-order chi connectivity index (χ1) is 31.2. The quantitative estimate of drug-likeness (QED) is 0.0121. The Bertz CT molecular complexity index is 1900. The fourth-order valence-electron chi connectivity index (χ4n) is 6.55. The highest BCUT2D eigenvalue weighted by molar-refractivity contribution is 8.26. The monoisotopic (exact) mass is 1010 g/mol. The summed E-state index contributed by atoms with van der Waals surface area (Å²) in [5.74, 6) is -7.17. The summed E-state index contributed by atoms with van der Waals surface area (Å²) >= 11 is 0. The fourth-order valence-corrected chi connectivity index (χ4v) is 8.58. The van der Waals surface area contributed by atoms with E-state index in [-0.39, 0.29) is 19.4 Å². The van der Waals surface area contributed by atoms with E-state index in [4.69, 9.17) is 34.7 Å². The molecule has 2 heterocycles. The number of ether oxygens (including phenoxy) is 4. The second kappa shape index (κ2) is 26.9. The van der Waals surface area contributed by atoms with Crippen LogP contribution in [-0.4, -0.2) is 189 Å². The first-order valence-corrected chi connectivity index (χ1v) is 24.2. The van der Waals surface area contributed by atoms with Crippen molar-refractivity contribution in [3.8, 4) is 0 Å². The summed E-state index contributed by atoms with van der Waals surface area (Å²) in [7, 11) is -10.7. The number of nitrogens with one attached hydrogen (secondary N) is 5. The third-order valence-electron chi connectivity index (χ3n) is 10.0. The number of aliphatic hydroxyl groups excluding tert-OH is 4. The van der Waals surface area contributed by atoms with Gasteiger partial charge >= 0.3 is 20.5 Å². The number of nitrogens with two attached hydrogens (primary N) is 1. The van der Waals surface area contributed by atoms with Crippen LogP contribution in [-0.2, 0) is 70.7 Å². The van der Waals surface area contributed by atoms with Gasteiger partial charge in [0.25, 0.3) is 0 Å². The zero-order valence-electron chi connectivity index (χ0n) is 36.8. The van der Waals surface area contributed by atoms with Crippen LogP contribution in [0.3, 0.4) is 0 Å². The number of carboxylic acids is 1. The van der Waals surface area contributed by atoms with Crippen LogP contribution in [0.1, 0.15) is 59.8 Å². The molecule has 3 unspecified atom stereocenters. The maximum atomic E-state index is 13.6. The summed E-state index contributed by atoms with van der Waals surface area (Å²) in [6.07, 6.45) is -17.2. The minimum absolute atomic E-state index is 0.00988. The van der Waals surface area contributed by atoms with Crippen LogP contribution < -0.4 is 32.3 Å². The maximum absolute atomic E-state index is 13.6. The summed E-state index contributed by atoms with van der Waals surface area (Å²) in [6.45, 7) is 2.26. The highest BCUT2D eigenvalue weighted by Gasteiger charge is 2.56. The molecule has 0 bridgehead atoms. The Balaban J connectivity index is 2.41. The second-order valence-corrected chi connectivity index (χ2v) is 20.7. The van der Waals surface area contributed by atoms with E-state index in [2.05, 4.69) is 41.1 Å². The van der Waals surface area contributed by atoms with E-state index in [1.165, 1.54) is 0 Å². The predicted octanol–water partition coefficient (Wildman–Crippen LogP) is -4.44. The lowest BCUT2D eigenvalue weighted by atomic mass is 9.94. The third kappa shape index (κ3) is 17.2. The van der Waals surface area contributed by atoms with E-state index < -0.39 is 168 Å². The lowest BCUT2D eigenvalue weighted by Crippen LogP contribution is -2.70. The van der Waals surface area contributed by atoms with E-state index in [0.29, 0.717) is 13.5 Å². The van der Waals surface area contributed by atoms with Gasteiger partial charge in [0.1, 0.15) is 72.9 Å². The largest absolute Gasteiger partial charge is 0.480 e. The van der Waals surface area contributed by atoms with Crippen LogP contribution in [0.4, 0.5) is 0 Å². The average molecular weight is 1010 g/mol. The van der Waals surface area contributed by atoms with Crippen molar-refractivity contribution in [3.05, 3.63) is 10.4 Å². The zero-order valence-corrected chi connectivity index (χ0v) is 38.6. The van der Waals surface area contributed by atoms with E-state index in [1.807, 2.05) is 0 Å². The molecule has 2 aliphatic rings. The van der Waals surface area contributed by atoms with E-state index in [9.17, 15) is 78.0 Å². The van der Waals surface area contributed by atoms with Crippen molar-refractivity contribution < 1.29 is 106 Å². The number of amides is 6. The molecule has 2 aliphatic heterocycles. The van der Waals surface area contributed by atoms with Gasteiger partial charge < -0.3 is 91.1 Å². The number of carbonyl (C=O) groups is 7. The van der Waals surface area contributed by atoms with Gasteiger partial charge in [-0.1, -0.05) is 11.5 Å². The Morgan fingerprint density at radius 3 is 1.94 bits per heavy atom. The molecule has 0 aliphatic carbocycles. The van der Waals surface area contributed by atoms with Crippen LogP contribution in [0.25, 0.3) is 10.4 Å². The number of nitrogens with zero attached hydrogens (tertiary/aromatic N) is 3. The number of carbonyl (C=O) groups excluding carboxylic acids is 6. The van der Waals surface area contributed by atoms with Crippen LogP contribution >= 0.6 is 14.6 Å². The van der Waals surface area contributed by atoms with Gasteiger partial charge in [-0.2, -0.15) is 0 Å². The smallest absolute Gasteiger partial charge is 0.440 e. The molecule has 6 amide bonds. The molecule has 16 atom stereocenters. The molecule has 0 saturated carbocycles. The van der Waals surface area contributed by atoms with Gasteiger partial charge in [-0.05, 0) is 38.6 Å². The Kier molecular flexibility index (Phi) is 23.6. The summed E-state index contributed by atoms with van der Waals surface area (Å²) in [5.41, 5.74) is 13.8. The highest BCUT2D eigenvalue weighted by Crippen LogP contribution is 2.78. The van der Waals surface area contributed by atoms with Crippen molar-refractivity contribution in [2.45, 2.75) is 145 Å². The zero-order chi connectivity index (χ0) is 51.0. The summed E-state index contributed by atoms with van der Waals surface area (Å²) in [5, 5.41) is 66.0. The molecule has 2 rings (SSSR count). The SMILES string of the molecule is COP(=O)(O)P(=O)(O)O[C@H]1O[C@H](CO)C(O[C@@H]2O[C@H](CO)[C@@H](O)[C@H](O)[C@H]2NC(C)=O)[C@H](O[C@H](C)C(=O)N[C@@H](C)C(=O)N[C@H](CCC(=O)N[C@@H](CCCCN=[N+]=[N-])C(=O)O)C(N)=O)[C@H]1NC(C)=O. The van der Waals surface area contributed by atoms with Crippen molar-refractivity contribution in [3.63, 3.8) is 0 Å². The predicted molar refractivity (Wildman–Crippen MR) is 221 cm³/mol. The summed E-state index contributed by atoms with van der Waals surface area (Å²) in [6, 6.07) is -7.95. The number of aliphatic hydroxyl groups is 4. The number of azide groups is 1. The van der Waals surface area contributed by atoms with Crippen LogP contribution in [0, 0.1) is 0 Å². The minimum Gasteiger partial charge on any atom is -0.480 e. The van der Waals surface area contributed by atoms with Crippen molar-refractivity contribution in [1.82, 2.24) is 26.6 Å². The summed E-state index contributed by atoms with van der Waals surface area (Å²) in [4.78, 5) is 111. The maximum Gasteiger partial charge on any atom is 0.440 e. The van der Waals surface area contributed by atoms with Gasteiger partial charge in [0.05, 0.1) is 13.2 Å². The fraction of sp³-hybridized carbons (Fsp3) is 0.794. The molecule has 0 radical (unpaired) electrons. The third-order valence-corrected chi connectivity index (χ3v) is 14.3. The molecule has 33 heteroatoms. The first kappa shape index (κ1) is 58.7. The van der Waals surface area contributed by atoms with Gasteiger partial charge in [0.15, 0.2) is 12.6 Å². The van der Waals surface area contributed by atoms with Gasteiger partial charge in [-0.15, -0.1) is 0 Å². The second-order valence-electron chi connectivity index (χ2n) is 15.1. The molecule has 31 nitrogen and oxygen atoms in total. The molecular formula is C34H59N9O22P2. The minimum atomic E-state index is -5.79. The summed E-state index contributed by atoms with van der Waals surface area (Å²) < 4.78 is 58.1. The van der Waals surface area contributed by atoms with Crippen molar-refractivity contribution in [2.24, 2.45) is 10.8 Å². The lowest BCUT2D eigenvalue weighted by molar-refractivity contribution is -0.330. The number of hydrogen-bond acceptors (Lipinski definition) is 20. The molecule has 2 saturated heterocycles. The van der Waals surface area contributed by atoms with E-state index in [1.54, 1.807) is 0 Å². The number of unbranched alkanes of at least 4 members (excludes halogenated alkanes) is 1.